The Labute approximate surface area is 190 Å². The van der Waals surface area contributed by atoms with Crippen molar-refractivity contribution in [2.75, 3.05) is 37.6 Å². The lowest BCUT2D eigenvalue weighted by Gasteiger charge is -2.35. The third kappa shape index (κ3) is 5.06. The van der Waals surface area contributed by atoms with E-state index >= 15 is 0 Å². The normalized spacial score (nSPS) is 14.7. The van der Waals surface area contributed by atoms with Crippen LogP contribution in [0.2, 0.25) is 0 Å². The van der Waals surface area contributed by atoms with E-state index in [0.717, 1.165) is 15.7 Å². The van der Waals surface area contributed by atoms with Crippen molar-refractivity contribution in [1.82, 2.24) is 14.6 Å². The fourth-order valence-electron chi connectivity index (χ4n) is 3.70. The number of anilines is 1. The van der Waals surface area contributed by atoms with Crippen molar-refractivity contribution in [3.63, 3.8) is 0 Å². The molecule has 1 saturated heterocycles. The summed E-state index contributed by atoms with van der Waals surface area (Å²) in [5.41, 5.74) is 0. The maximum absolute atomic E-state index is 12.8. The fraction of sp³-hybridized carbons (Fsp3) is 0.273. The molecule has 31 heavy (non-hydrogen) atoms. The zero-order valence-corrected chi connectivity index (χ0v) is 19.3. The molecule has 2 aromatic carbocycles. The smallest absolute Gasteiger partial charge is 0.241 e. The molecule has 1 N–H and O–H groups in total. The highest BCUT2D eigenvalue weighted by Crippen LogP contribution is 2.22. The number of pyridine rings is 1. The summed E-state index contributed by atoms with van der Waals surface area (Å²) in [5.74, 6) is 0.835. The Bertz CT molecular complexity index is 1170. The van der Waals surface area contributed by atoms with Gasteiger partial charge in [0.1, 0.15) is 5.82 Å². The number of hydrogen-bond acceptors (Lipinski definition) is 5. The van der Waals surface area contributed by atoms with Crippen LogP contribution in [0.4, 0.5) is 5.82 Å². The summed E-state index contributed by atoms with van der Waals surface area (Å²) in [6, 6.07) is 16.4. The van der Waals surface area contributed by atoms with Crippen molar-refractivity contribution in [1.29, 1.82) is 0 Å². The van der Waals surface area contributed by atoms with Crippen molar-refractivity contribution in [2.24, 2.45) is 0 Å². The number of rotatable bonds is 6. The van der Waals surface area contributed by atoms with Gasteiger partial charge < -0.3 is 9.80 Å². The number of sulfonamides is 1. The van der Waals surface area contributed by atoms with Gasteiger partial charge in [0, 0.05) is 55.2 Å². The second-order valence-electron chi connectivity index (χ2n) is 7.33. The molecule has 1 fully saturated rings. The van der Waals surface area contributed by atoms with Gasteiger partial charge in [-0.3, -0.25) is 4.79 Å². The van der Waals surface area contributed by atoms with Crippen LogP contribution < -0.4 is 9.62 Å². The maximum Gasteiger partial charge on any atom is 0.241 e. The van der Waals surface area contributed by atoms with Crippen molar-refractivity contribution >= 4 is 48.5 Å². The highest BCUT2D eigenvalue weighted by Gasteiger charge is 2.23. The van der Waals surface area contributed by atoms with Gasteiger partial charge in [0.15, 0.2) is 0 Å². The summed E-state index contributed by atoms with van der Waals surface area (Å²) in [5, 5.41) is 1.53. The van der Waals surface area contributed by atoms with Crippen LogP contribution in [0.1, 0.15) is 6.42 Å². The first-order valence-electron chi connectivity index (χ1n) is 10.1. The molecule has 0 saturated carbocycles. The highest BCUT2D eigenvalue weighted by molar-refractivity contribution is 9.10. The number of halogens is 1. The molecule has 1 aliphatic rings. The number of carbonyl (C=O) groups excluding carboxylic acids is 1. The summed E-state index contributed by atoms with van der Waals surface area (Å²) in [7, 11) is -3.70. The molecule has 0 atom stereocenters. The lowest BCUT2D eigenvalue weighted by Crippen LogP contribution is -2.49. The van der Waals surface area contributed by atoms with E-state index in [0.29, 0.717) is 31.6 Å². The van der Waals surface area contributed by atoms with E-state index in [9.17, 15) is 13.2 Å². The Kier molecular flexibility index (Phi) is 6.54. The predicted octanol–water partition coefficient (Wildman–Crippen LogP) is 3.01. The molecule has 0 aliphatic carbocycles. The number of aromatic nitrogens is 1. The number of carbonyl (C=O) groups is 1. The van der Waals surface area contributed by atoms with Crippen LogP contribution in [-0.2, 0) is 14.8 Å². The zero-order valence-electron chi connectivity index (χ0n) is 16.9. The maximum atomic E-state index is 12.8. The van der Waals surface area contributed by atoms with Crippen LogP contribution in [0.5, 0.6) is 0 Å². The molecule has 7 nitrogen and oxygen atoms in total. The molecule has 1 amide bonds. The van der Waals surface area contributed by atoms with Gasteiger partial charge in [0.2, 0.25) is 15.9 Å². The van der Waals surface area contributed by atoms with Crippen molar-refractivity contribution in [2.45, 2.75) is 11.3 Å². The molecule has 162 valence electrons. The zero-order chi connectivity index (χ0) is 21.8. The Morgan fingerprint density at radius 3 is 2.48 bits per heavy atom. The number of piperazine rings is 1. The topological polar surface area (TPSA) is 82.6 Å². The van der Waals surface area contributed by atoms with E-state index in [2.05, 4.69) is 30.5 Å². The second kappa shape index (κ2) is 9.33. The van der Waals surface area contributed by atoms with Crippen LogP contribution in [0.15, 0.2) is 70.2 Å². The van der Waals surface area contributed by atoms with E-state index < -0.39 is 10.0 Å². The first-order valence-corrected chi connectivity index (χ1v) is 12.3. The minimum Gasteiger partial charge on any atom is -0.353 e. The molecule has 0 spiro atoms. The van der Waals surface area contributed by atoms with Crippen LogP contribution >= 0.6 is 15.9 Å². The van der Waals surface area contributed by atoms with Crippen LogP contribution in [0.25, 0.3) is 10.8 Å². The minimum atomic E-state index is -3.70. The van der Waals surface area contributed by atoms with Crippen molar-refractivity contribution < 1.29 is 13.2 Å². The molecule has 1 aliphatic heterocycles. The van der Waals surface area contributed by atoms with Crippen LogP contribution in [0.3, 0.4) is 0 Å². The average Bonchev–Trinajstić information content (AvgIpc) is 2.79. The van der Waals surface area contributed by atoms with E-state index in [4.69, 9.17) is 0 Å². The molecule has 3 aromatic rings. The van der Waals surface area contributed by atoms with Gasteiger partial charge in [-0.15, -0.1) is 0 Å². The van der Waals surface area contributed by atoms with Gasteiger partial charge in [-0.2, -0.15) is 0 Å². The van der Waals surface area contributed by atoms with Gasteiger partial charge >= 0.3 is 0 Å². The highest BCUT2D eigenvalue weighted by atomic mass is 79.9. The van der Waals surface area contributed by atoms with Crippen molar-refractivity contribution in [3.05, 3.63) is 65.3 Å². The summed E-state index contributed by atoms with van der Waals surface area (Å²) >= 11 is 3.38. The molecule has 0 radical (unpaired) electrons. The molecular weight excluding hydrogens is 480 g/mol. The number of amides is 1. The molecule has 1 aromatic heterocycles. The van der Waals surface area contributed by atoms with Crippen molar-refractivity contribution in [3.8, 4) is 0 Å². The number of nitrogens with zero attached hydrogens (tertiary/aromatic N) is 3. The van der Waals surface area contributed by atoms with Gasteiger partial charge in [-0.1, -0.05) is 36.4 Å². The van der Waals surface area contributed by atoms with Crippen LogP contribution in [-0.4, -0.2) is 56.9 Å². The molecule has 0 bridgehead atoms. The number of nitrogens with one attached hydrogen (secondary N) is 1. The molecule has 0 unspecified atom stereocenters. The van der Waals surface area contributed by atoms with Gasteiger partial charge in [-0.05, 0) is 39.5 Å². The largest absolute Gasteiger partial charge is 0.353 e. The number of benzene rings is 2. The summed E-state index contributed by atoms with van der Waals surface area (Å²) in [6.45, 7) is 2.64. The van der Waals surface area contributed by atoms with Gasteiger partial charge in [0.05, 0.1) is 4.90 Å². The Balaban J connectivity index is 1.30. The van der Waals surface area contributed by atoms with Gasteiger partial charge in [0.25, 0.3) is 0 Å². The minimum absolute atomic E-state index is 0.0518. The third-order valence-electron chi connectivity index (χ3n) is 5.34. The first-order chi connectivity index (χ1) is 14.9. The lowest BCUT2D eigenvalue weighted by atomic mass is 10.1. The average molecular weight is 503 g/mol. The SMILES string of the molecule is O=C(CCNS(=O)(=O)c1cccc2ccccc12)N1CCN(c2ccc(Br)cn2)CC1. The first kappa shape index (κ1) is 21.7. The second-order valence-corrected chi connectivity index (χ2v) is 9.98. The lowest BCUT2D eigenvalue weighted by molar-refractivity contribution is -0.131. The van der Waals surface area contributed by atoms with Crippen LogP contribution in [0, 0.1) is 0 Å². The summed E-state index contributed by atoms with van der Waals surface area (Å²) in [4.78, 5) is 21.1. The fourth-order valence-corrected chi connectivity index (χ4v) is 5.19. The Hall–Kier alpha value is -2.49. The Morgan fingerprint density at radius 1 is 1.00 bits per heavy atom. The summed E-state index contributed by atoms with van der Waals surface area (Å²) in [6.07, 6.45) is 1.88. The van der Waals surface area contributed by atoms with E-state index in [1.165, 1.54) is 0 Å². The molecule has 9 heteroatoms. The Morgan fingerprint density at radius 2 is 1.74 bits per heavy atom. The third-order valence-corrected chi connectivity index (χ3v) is 7.33. The molecule has 4 rings (SSSR count). The standard InChI is InChI=1S/C22H23BrN4O3S/c23-18-8-9-21(24-16-18)26-12-14-27(15-13-26)22(28)10-11-25-31(29,30)20-7-3-5-17-4-1-2-6-19(17)20/h1-9,16,25H,10-15H2. The van der Waals surface area contributed by atoms with E-state index in [-0.39, 0.29) is 23.8 Å². The quantitative estimate of drug-likeness (QED) is 0.560. The number of fused-ring (bicyclic) bond motifs is 1. The molecule has 2 heterocycles. The molecular formula is C22H23BrN4O3S. The monoisotopic (exact) mass is 502 g/mol. The van der Waals surface area contributed by atoms with Gasteiger partial charge in [-0.25, -0.2) is 18.1 Å². The van der Waals surface area contributed by atoms with E-state index in [1.54, 1.807) is 29.3 Å². The predicted molar refractivity (Wildman–Crippen MR) is 124 cm³/mol. The summed E-state index contributed by atoms with van der Waals surface area (Å²) < 4.78 is 29.1. The number of hydrogen-bond donors (Lipinski definition) is 1. The van der Waals surface area contributed by atoms with E-state index in [1.807, 2.05) is 36.4 Å².